The second-order valence-electron chi connectivity index (χ2n) is 16.3. The monoisotopic (exact) mass is 780 g/mol. The average molecular weight is 781 g/mol. The first-order chi connectivity index (χ1) is 29.1. The van der Waals surface area contributed by atoms with E-state index in [-0.39, 0.29) is 17.0 Å². The number of phenols is 2. The number of aromatic hydroxyl groups is 2. The van der Waals surface area contributed by atoms with Crippen LogP contribution in [0.3, 0.4) is 0 Å². The standard InChI is InChI=1S/C55H45BO4/c1-7-36-30(3)29(2)31(4)45-50(36)48(34-15-9-8-10-16-34)52-46(32(5)53(56)55(58)54(52)57)51(45)40-26-25-37(38-17-11-12-18-39(38)40)33-21-23-35(24-22-33)47-43(59-6)27-28-44-49(47)41-19-13-14-20-42(41)60-44/h7-11,13-17,19-21,23,25-28,57-58H,1,12,18,22,24H2,2-6H3. The van der Waals surface area contributed by atoms with Gasteiger partial charge in [0.2, 0.25) is 0 Å². The van der Waals surface area contributed by atoms with Gasteiger partial charge in [0.1, 0.15) is 24.8 Å². The largest absolute Gasteiger partial charge is 0.505 e. The van der Waals surface area contributed by atoms with Crippen LogP contribution < -0.4 is 10.2 Å². The van der Waals surface area contributed by atoms with Gasteiger partial charge >= 0.3 is 0 Å². The van der Waals surface area contributed by atoms with E-state index < -0.39 is 0 Å². The Morgan fingerprint density at radius 3 is 2.12 bits per heavy atom. The molecule has 7 aromatic carbocycles. The number of rotatable bonds is 6. The molecule has 0 fully saturated rings. The molecule has 2 radical (unpaired) electrons. The van der Waals surface area contributed by atoms with Gasteiger partial charge in [-0.05, 0) is 166 Å². The molecule has 0 atom stereocenters. The zero-order valence-corrected chi connectivity index (χ0v) is 34.7. The fourth-order valence-electron chi connectivity index (χ4n) is 10.3. The van der Waals surface area contributed by atoms with E-state index >= 15 is 0 Å². The zero-order valence-electron chi connectivity index (χ0n) is 34.7. The molecule has 0 spiro atoms. The molecule has 0 bridgehead atoms. The summed E-state index contributed by atoms with van der Waals surface area (Å²) in [5.41, 5.74) is 18.4. The molecule has 292 valence electrons. The molecule has 10 rings (SSSR count). The van der Waals surface area contributed by atoms with Crippen molar-refractivity contribution < 1.29 is 19.4 Å². The van der Waals surface area contributed by atoms with Gasteiger partial charge in [-0.1, -0.05) is 97.6 Å². The van der Waals surface area contributed by atoms with E-state index in [2.05, 4.69) is 88.1 Å². The minimum atomic E-state index is -0.296. The Bertz CT molecular complexity index is 3270. The third kappa shape index (κ3) is 5.38. The summed E-state index contributed by atoms with van der Waals surface area (Å²) in [5, 5.41) is 29.2. The molecule has 0 unspecified atom stereocenters. The van der Waals surface area contributed by atoms with Crippen LogP contribution in [0, 0.1) is 27.7 Å². The number of allylic oxidation sites excluding steroid dienone is 5. The number of methoxy groups -OCH3 is 1. The van der Waals surface area contributed by atoms with Crippen LogP contribution in [0.1, 0.15) is 69.3 Å². The van der Waals surface area contributed by atoms with E-state index in [1.165, 1.54) is 39.0 Å². The van der Waals surface area contributed by atoms with Gasteiger partial charge in [0.25, 0.3) is 0 Å². The molecule has 1 heterocycles. The molecule has 5 heteroatoms. The van der Waals surface area contributed by atoms with Crippen LogP contribution in [-0.4, -0.2) is 25.2 Å². The lowest BCUT2D eigenvalue weighted by Gasteiger charge is -2.28. The highest BCUT2D eigenvalue weighted by atomic mass is 16.5. The Morgan fingerprint density at radius 1 is 0.650 bits per heavy atom. The minimum Gasteiger partial charge on any atom is -0.505 e. The van der Waals surface area contributed by atoms with Crippen molar-refractivity contribution >= 4 is 80.1 Å². The number of fused-ring (bicyclic) bond motifs is 6. The summed E-state index contributed by atoms with van der Waals surface area (Å²) in [5.74, 6) is 0.335. The molecular formula is C55H45BO4. The Labute approximate surface area is 351 Å². The molecule has 8 aromatic rings. The van der Waals surface area contributed by atoms with Gasteiger partial charge < -0.3 is 19.4 Å². The molecule has 0 saturated carbocycles. The summed E-state index contributed by atoms with van der Waals surface area (Å²) < 4.78 is 12.3. The van der Waals surface area contributed by atoms with E-state index in [4.69, 9.17) is 17.0 Å². The number of furan rings is 1. The Kier molecular flexibility index (Phi) is 8.91. The highest BCUT2D eigenvalue weighted by molar-refractivity contribution is 6.39. The normalized spacial score (nSPS) is 13.9. The molecule has 0 saturated heterocycles. The minimum absolute atomic E-state index is 0.182. The smallest absolute Gasteiger partial charge is 0.165 e. The molecule has 2 aliphatic carbocycles. The van der Waals surface area contributed by atoms with E-state index in [0.29, 0.717) is 5.39 Å². The van der Waals surface area contributed by atoms with Crippen LogP contribution in [-0.2, 0) is 6.42 Å². The van der Waals surface area contributed by atoms with Crippen molar-refractivity contribution in [2.45, 2.75) is 53.4 Å². The first kappa shape index (κ1) is 37.5. The molecular weight excluding hydrogens is 735 g/mol. The number of benzene rings is 7. The molecule has 1 aromatic heterocycles. The molecule has 0 amide bonds. The number of ether oxygens (including phenoxy) is 1. The number of aryl methyl sites for hydroxylation is 2. The van der Waals surface area contributed by atoms with Crippen molar-refractivity contribution in [1.82, 2.24) is 0 Å². The summed E-state index contributed by atoms with van der Waals surface area (Å²) in [6.45, 7) is 12.8. The van der Waals surface area contributed by atoms with Crippen LogP contribution in [0.5, 0.6) is 17.2 Å². The van der Waals surface area contributed by atoms with Gasteiger partial charge in [0.15, 0.2) is 11.5 Å². The zero-order chi connectivity index (χ0) is 41.6. The van der Waals surface area contributed by atoms with Gasteiger partial charge in [0.05, 0.1) is 7.11 Å². The van der Waals surface area contributed by atoms with Crippen LogP contribution in [0.2, 0.25) is 0 Å². The van der Waals surface area contributed by atoms with E-state index in [1.54, 1.807) is 7.11 Å². The highest BCUT2D eigenvalue weighted by Crippen LogP contribution is 2.54. The van der Waals surface area contributed by atoms with Crippen molar-refractivity contribution in [3.05, 3.63) is 154 Å². The number of phenolic OH excluding ortho intramolecular Hbond substituents is 2. The molecule has 0 aliphatic heterocycles. The van der Waals surface area contributed by atoms with Gasteiger partial charge in [-0.2, -0.15) is 0 Å². The first-order valence-electron chi connectivity index (χ1n) is 20.8. The highest BCUT2D eigenvalue weighted by Gasteiger charge is 2.30. The quantitative estimate of drug-likeness (QED) is 0.100. The van der Waals surface area contributed by atoms with E-state index in [1.807, 2.05) is 55.5 Å². The maximum absolute atomic E-state index is 12.1. The van der Waals surface area contributed by atoms with Crippen molar-refractivity contribution in [2.75, 3.05) is 7.11 Å². The molecule has 60 heavy (non-hydrogen) atoms. The number of hydrogen-bond acceptors (Lipinski definition) is 4. The topological polar surface area (TPSA) is 62.8 Å². The van der Waals surface area contributed by atoms with Crippen LogP contribution >= 0.6 is 0 Å². The average Bonchev–Trinajstić information content (AvgIpc) is 3.67. The van der Waals surface area contributed by atoms with Gasteiger partial charge in [-0.15, -0.1) is 0 Å². The number of para-hydroxylation sites is 1. The lowest BCUT2D eigenvalue weighted by atomic mass is 9.74. The van der Waals surface area contributed by atoms with E-state index in [9.17, 15) is 10.2 Å². The second-order valence-corrected chi connectivity index (χ2v) is 16.3. The lowest BCUT2D eigenvalue weighted by molar-refractivity contribution is 0.411. The fraction of sp³-hybridized carbons (Fsp3) is 0.164. The Morgan fingerprint density at radius 2 is 1.37 bits per heavy atom. The summed E-state index contributed by atoms with van der Waals surface area (Å²) in [6.07, 6.45) is 14.6. The van der Waals surface area contributed by atoms with Crippen molar-refractivity contribution in [3.63, 3.8) is 0 Å². The summed E-state index contributed by atoms with van der Waals surface area (Å²) >= 11 is 0. The van der Waals surface area contributed by atoms with E-state index in [0.717, 1.165) is 114 Å². The molecule has 2 aliphatic rings. The molecule has 4 nitrogen and oxygen atoms in total. The SMILES string of the molecule is [B]c1c(O)c(O)c2c(-c3ccccc3)c3c(C=C)c(C)c(C)c(C)c3c(-c3ccc(C4=CC=C(c5c(OC)ccc6oc7ccccc7c56)CC4)c4c3CCC=C4)c2c1C. The summed E-state index contributed by atoms with van der Waals surface area (Å²) in [6, 6.07) is 27.0. The van der Waals surface area contributed by atoms with Crippen LogP contribution in [0.25, 0.3) is 89.0 Å². The first-order valence-corrected chi connectivity index (χ1v) is 20.8. The van der Waals surface area contributed by atoms with Crippen LogP contribution in [0.15, 0.2) is 108 Å². The third-order valence-electron chi connectivity index (χ3n) is 13.4. The summed E-state index contributed by atoms with van der Waals surface area (Å²) in [4.78, 5) is 0. The van der Waals surface area contributed by atoms with Crippen molar-refractivity contribution in [1.29, 1.82) is 0 Å². The van der Waals surface area contributed by atoms with Crippen molar-refractivity contribution in [3.8, 4) is 39.5 Å². The molecule has 2 N–H and O–H groups in total. The predicted octanol–water partition coefficient (Wildman–Crippen LogP) is 13.5. The van der Waals surface area contributed by atoms with Gasteiger partial charge in [-0.3, -0.25) is 0 Å². The number of hydrogen-bond donors (Lipinski definition) is 2. The predicted molar refractivity (Wildman–Crippen MR) is 253 cm³/mol. The maximum Gasteiger partial charge on any atom is 0.165 e. The Hall–Kier alpha value is -6.72. The summed E-state index contributed by atoms with van der Waals surface area (Å²) in [7, 11) is 8.43. The van der Waals surface area contributed by atoms with Crippen molar-refractivity contribution in [2.24, 2.45) is 0 Å². The fourth-order valence-corrected chi connectivity index (χ4v) is 10.3. The van der Waals surface area contributed by atoms with Gasteiger partial charge in [0, 0.05) is 27.3 Å². The maximum atomic E-state index is 12.1. The van der Waals surface area contributed by atoms with Crippen LogP contribution in [0.4, 0.5) is 0 Å². The Balaban J connectivity index is 1.25. The third-order valence-corrected chi connectivity index (χ3v) is 13.4. The van der Waals surface area contributed by atoms with Gasteiger partial charge in [-0.25, -0.2) is 0 Å². The second kappa shape index (κ2) is 14.2. The lowest BCUT2D eigenvalue weighted by Crippen LogP contribution is -2.11.